The highest BCUT2D eigenvalue weighted by molar-refractivity contribution is 9.10. The topological polar surface area (TPSA) is 38.3 Å². The van der Waals surface area contributed by atoms with Crippen molar-refractivity contribution in [3.05, 3.63) is 57.5 Å². The molecule has 0 heterocycles. The van der Waals surface area contributed by atoms with Crippen molar-refractivity contribution in [2.75, 3.05) is 5.32 Å². The summed E-state index contributed by atoms with van der Waals surface area (Å²) < 4.78 is 44.1. The lowest BCUT2D eigenvalue weighted by Gasteiger charge is -2.16. The third-order valence-corrected chi connectivity index (χ3v) is 3.88. The monoisotopic (exact) mass is 421 g/mol. The minimum Gasteiger partial charge on any atom is -0.480 e. The molecule has 24 heavy (non-hydrogen) atoms. The third kappa shape index (κ3) is 4.88. The predicted molar refractivity (Wildman–Crippen MR) is 89.3 cm³/mol. The maximum Gasteiger partial charge on any atom is 0.416 e. The van der Waals surface area contributed by atoms with Gasteiger partial charge in [0, 0.05) is 10.7 Å². The van der Waals surface area contributed by atoms with Crippen molar-refractivity contribution in [1.29, 1.82) is 0 Å². The Morgan fingerprint density at radius 1 is 1.25 bits per heavy atom. The molecule has 2 aromatic carbocycles. The van der Waals surface area contributed by atoms with E-state index in [1.165, 1.54) is 19.1 Å². The largest absolute Gasteiger partial charge is 0.480 e. The number of hydrogen-bond acceptors (Lipinski definition) is 2. The Bertz CT molecular complexity index is 752. The number of ether oxygens (including phenoxy) is 1. The van der Waals surface area contributed by atoms with E-state index in [9.17, 15) is 18.0 Å². The average molecular weight is 423 g/mol. The second kappa shape index (κ2) is 7.44. The molecule has 1 unspecified atom stereocenters. The number of hydrogen-bond donors (Lipinski definition) is 1. The summed E-state index contributed by atoms with van der Waals surface area (Å²) in [4.78, 5) is 12.1. The number of anilines is 1. The molecular formula is C16H12BrClF3NO2. The summed E-state index contributed by atoms with van der Waals surface area (Å²) in [5.74, 6) is -0.178. The van der Waals surface area contributed by atoms with Crippen molar-refractivity contribution in [3.63, 3.8) is 0 Å². The summed E-state index contributed by atoms with van der Waals surface area (Å²) in [6, 6.07) is 9.18. The fourth-order valence-electron chi connectivity index (χ4n) is 1.83. The van der Waals surface area contributed by atoms with Crippen LogP contribution in [0, 0.1) is 0 Å². The standard InChI is InChI=1S/C16H12BrClF3NO2/c1-9(24-14-6-5-11(18)8-13(14)17)15(23)22-12-4-2-3-10(7-12)16(19,20)21/h2-9H,1H3,(H,22,23). The Morgan fingerprint density at radius 3 is 2.58 bits per heavy atom. The zero-order chi connectivity index (χ0) is 17.9. The molecule has 0 aliphatic heterocycles. The van der Waals surface area contributed by atoms with Crippen LogP contribution >= 0.6 is 27.5 Å². The lowest BCUT2D eigenvalue weighted by atomic mass is 10.2. The van der Waals surface area contributed by atoms with E-state index in [4.69, 9.17) is 16.3 Å². The number of rotatable bonds is 4. The number of benzene rings is 2. The predicted octanol–water partition coefficient (Wildman–Crippen LogP) is 5.53. The summed E-state index contributed by atoms with van der Waals surface area (Å²) in [6.07, 6.45) is -5.39. The van der Waals surface area contributed by atoms with E-state index in [-0.39, 0.29) is 5.69 Å². The Morgan fingerprint density at radius 2 is 1.96 bits per heavy atom. The molecule has 0 aliphatic carbocycles. The number of alkyl halides is 3. The van der Waals surface area contributed by atoms with Crippen LogP contribution in [0.3, 0.4) is 0 Å². The number of carbonyl (C=O) groups is 1. The van der Waals surface area contributed by atoms with Crippen molar-refractivity contribution >= 4 is 39.1 Å². The van der Waals surface area contributed by atoms with Gasteiger partial charge in [0.05, 0.1) is 10.0 Å². The molecule has 128 valence electrons. The molecule has 3 nitrogen and oxygen atoms in total. The molecule has 0 fully saturated rings. The van der Waals surface area contributed by atoms with E-state index in [0.717, 1.165) is 12.1 Å². The van der Waals surface area contributed by atoms with Gasteiger partial charge in [-0.25, -0.2) is 0 Å². The van der Waals surface area contributed by atoms with Crippen LogP contribution in [0.2, 0.25) is 5.02 Å². The maximum absolute atomic E-state index is 12.7. The van der Waals surface area contributed by atoms with E-state index in [0.29, 0.717) is 15.2 Å². The van der Waals surface area contributed by atoms with E-state index >= 15 is 0 Å². The van der Waals surface area contributed by atoms with Gasteiger partial charge in [-0.3, -0.25) is 4.79 Å². The molecule has 0 saturated heterocycles. The van der Waals surface area contributed by atoms with Crippen molar-refractivity contribution in [2.24, 2.45) is 0 Å². The van der Waals surface area contributed by atoms with E-state index in [2.05, 4.69) is 21.2 Å². The van der Waals surface area contributed by atoms with Gasteiger partial charge in [-0.05, 0) is 59.3 Å². The smallest absolute Gasteiger partial charge is 0.416 e. The van der Waals surface area contributed by atoms with Crippen LogP contribution in [0.15, 0.2) is 46.9 Å². The molecule has 1 atom stereocenters. The quantitative estimate of drug-likeness (QED) is 0.704. The van der Waals surface area contributed by atoms with Crippen LogP contribution in [0.4, 0.5) is 18.9 Å². The van der Waals surface area contributed by atoms with Gasteiger partial charge in [0.1, 0.15) is 5.75 Å². The van der Waals surface area contributed by atoms with E-state index < -0.39 is 23.8 Å². The molecule has 2 rings (SSSR count). The lowest BCUT2D eigenvalue weighted by molar-refractivity contribution is -0.137. The highest BCUT2D eigenvalue weighted by Gasteiger charge is 2.30. The number of nitrogens with one attached hydrogen (secondary N) is 1. The molecule has 8 heteroatoms. The van der Waals surface area contributed by atoms with Gasteiger partial charge >= 0.3 is 6.18 Å². The average Bonchev–Trinajstić information content (AvgIpc) is 2.49. The zero-order valence-corrected chi connectivity index (χ0v) is 14.7. The molecule has 0 radical (unpaired) electrons. The minimum absolute atomic E-state index is 0.0421. The van der Waals surface area contributed by atoms with Crippen molar-refractivity contribution in [2.45, 2.75) is 19.2 Å². The molecule has 1 amide bonds. The highest BCUT2D eigenvalue weighted by atomic mass is 79.9. The summed E-state index contributed by atoms with van der Waals surface area (Å²) in [6.45, 7) is 1.49. The molecule has 2 aromatic rings. The van der Waals surface area contributed by atoms with Gasteiger partial charge in [0.25, 0.3) is 5.91 Å². The number of amides is 1. The highest BCUT2D eigenvalue weighted by Crippen LogP contribution is 2.31. The SMILES string of the molecule is CC(Oc1ccc(Cl)cc1Br)C(=O)Nc1cccc(C(F)(F)F)c1. The summed E-state index contributed by atoms with van der Waals surface area (Å²) in [7, 11) is 0. The van der Waals surface area contributed by atoms with Gasteiger partial charge < -0.3 is 10.1 Å². The maximum atomic E-state index is 12.7. The van der Waals surface area contributed by atoms with Crippen molar-refractivity contribution in [3.8, 4) is 5.75 Å². The fourth-order valence-corrected chi connectivity index (χ4v) is 2.61. The summed E-state index contributed by atoms with van der Waals surface area (Å²) in [5.41, 5.74) is -0.797. The van der Waals surface area contributed by atoms with Gasteiger partial charge in [-0.15, -0.1) is 0 Å². The number of halogens is 5. The van der Waals surface area contributed by atoms with Gasteiger partial charge in [0.2, 0.25) is 0 Å². The second-order valence-corrected chi connectivity index (χ2v) is 6.19. The second-order valence-electron chi connectivity index (χ2n) is 4.90. The Balaban J connectivity index is 2.06. The minimum atomic E-state index is -4.48. The lowest BCUT2D eigenvalue weighted by Crippen LogP contribution is -2.30. The van der Waals surface area contributed by atoms with Crippen LogP contribution in [0.1, 0.15) is 12.5 Å². The third-order valence-electron chi connectivity index (χ3n) is 3.02. The first-order valence-electron chi connectivity index (χ1n) is 6.76. The van der Waals surface area contributed by atoms with Gasteiger partial charge in [-0.1, -0.05) is 17.7 Å². The van der Waals surface area contributed by atoms with Crippen LogP contribution in [-0.2, 0) is 11.0 Å². The molecule has 0 bridgehead atoms. The van der Waals surface area contributed by atoms with Crippen LogP contribution in [-0.4, -0.2) is 12.0 Å². The molecular weight excluding hydrogens is 411 g/mol. The first-order valence-corrected chi connectivity index (χ1v) is 7.94. The van der Waals surface area contributed by atoms with E-state index in [1.807, 2.05) is 0 Å². The Labute approximate surface area is 149 Å². The van der Waals surface area contributed by atoms with Crippen LogP contribution < -0.4 is 10.1 Å². The molecule has 1 N–H and O–H groups in total. The van der Waals surface area contributed by atoms with Gasteiger partial charge in [-0.2, -0.15) is 13.2 Å². The summed E-state index contributed by atoms with van der Waals surface area (Å²) in [5, 5.41) is 2.90. The van der Waals surface area contributed by atoms with Crippen molar-refractivity contribution < 1.29 is 22.7 Å². The number of carbonyl (C=O) groups excluding carboxylic acids is 1. The zero-order valence-electron chi connectivity index (χ0n) is 12.3. The molecule has 0 spiro atoms. The normalized spacial score (nSPS) is 12.6. The van der Waals surface area contributed by atoms with Crippen LogP contribution in [0.5, 0.6) is 5.75 Å². The molecule has 0 aliphatic rings. The molecule has 0 aromatic heterocycles. The van der Waals surface area contributed by atoms with E-state index in [1.54, 1.807) is 18.2 Å². The van der Waals surface area contributed by atoms with Crippen LogP contribution in [0.25, 0.3) is 0 Å². The summed E-state index contributed by atoms with van der Waals surface area (Å²) >= 11 is 9.08. The first-order chi connectivity index (χ1) is 11.2. The first kappa shape index (κ1) is 18.6. The molecule has 0 saturated carbocycles. The fraction of sp³-hybridized carbons (Fsp3) is 0.188. The Hall–Kier alpha value is -1.73. The van der Waals surface area contributed by atoms with Gasteiger partial charge in [0.15, 0.2) is 6.10 Å². The Kier molecular flexibility index (Phi) is 5.77. The van der Waals surface area contributed by atoms with Crippen molar-refractivity contribution in [1.82, 2.24) is 0 Å².